The van der Waals surface area contributed by atoms with Crippen LogP contribution in [0.2, 0.25) is 0 Å². The molecule has 35 nitrogen and oxygen atoms in total. The molecule has 0 N–H and O–H groups in total. The normalized spacial score (nSPS) is 11.5. The molecule has 756 valence electrons. The molecule has 0 aliphatic carbocycles. The van der Waals surface area contributed by atoms with E-state index in [9.17, 15) is 39.9 Å². The van der Waals surface area contributed by atoms with Gasteiger partial charge < -0.3 is 14.0 Å². The number of nitrogens with zero attached hydrogens (tertiary/aromatic N) is 31. The highest BCUT2D eigenvalue weighted by Gasteiger charge is 2.34. The maximum Gasteiger partial charge on any atom is 0.416 e. The van der Waals surface area contributed by atoms with Crippen molar-refractivity contribution in [2.45, 2.75) is 72.4 Å². The standard InChI is InChI=1S/C19H19N5O2.C19H17N5O.2C18H14F3N5.C17H13F2N5.C16H16N6O/c1-23-12-15(9-21-23)14-7-17-16(20-8-14)10-22-24(17)11-13-4-5-18(25-2)19(6-13)26-3;1-13(25)15-5-3-14(4-6-15)11-24-19-7-16(8-20-18(19)10-22-24)17-9-21-23(2)12-17;1-25-11-14(8-23-25)13-6-17-16(22-7-13)9-24-26(17)10-12-2-4-15(5-3-12)18(19,20)21;1-25-10-14(8-23-25)13-6-17-16(22-7-13)9-24-26(17)11-12-4-2-3-5-15(12)18(19,20)21;1-23-9-13(7-21-23)12-4-17-16(20-6-12)8-22-24(17)10-11-2-3-14(18)5-15(11)19;1-10-14(11(2)23-20-10)9-22-16-4-12(5-17-15(16)7-19-22)13-6-18-21(3)8-13/h4-10,12H,11H2,1-3H3;3-10,12H,11H2,1-2H3;2-9,11H,10H2,1H3;2-10H,11H2,1H3;2-9H,10H2,1H3;4-8H,9H2,1-3H3. The number of pyridine rings is 6. The van der Waals surface area contributed by atoms with Crippen molar-refractivity contribution in [1.29, 1.82) is 0 Å². The molecule has 0 aliphatic heterocycles. The smallest absolute Gasteiger partial charge is 0.416 e. The fourth-order valence-corrected chi connectivity index (χ4v) is 16.8. The summed E-state index contributed by atoms with van der Waals surface area (Å²) in [6, 6.07) is 39.7. The maximum atomic E-state index is 13.9. The van der Waals surface area contributed by atoms with E-state index in [1.807, 2.05) is 205 Å². The summed E-state index contributed by atoms with van der Waals surface area (Å²) in [7, 11) is 14.5. The summed E-state index contributed by atoms with van der Waals surface area (Å²) in [6.07, 6.45) is 34.4. The topological polar surface area (TPSA) is 353 Å². The van der Waals surface area contributed by atoms with Crippen molar-refractivity contribution in [3.63, 3.8) is 0 Å². The molecule has 0 bridgehead atoms. The number of hydrogen-bond acceptors (Lipinski definition) is 23. The van der Waals surface area contributed by atoms with Crippen LogP contribution in [0.4, 0.5) is 35.1 Å². The second-order valence-electron chi connectivity index (χ2n) is 35.3. The second kappa shape index (κ2) is 42.7. The number of hydrogen-bond donors (Lipinski definition) is 0. The molecule has 19 aromatic heterocycles. The van der Waals surface area contributed by atoms with Gasteiger partial charge >= 0.3 is 12.4 Å². The lowest BCUT2D eigenvalue weighted by molar-refractivity contribution is -0.138. The van der Waals surface area contributed by atoms with Crippen molar-refractivity contribution in [3.8, 4) is 78.3 Å². The van der Waals surface area contributed by atoms with Crippen molar-refractivity contribution in [1.82, 2.24) is 152 Å². The van der Waals surface area contributed by atoms with E-state index in [4.69, 9.17) is 14.0 Å². The van der Waals surface area contributed by atoms with Crippen molar-refractivity contribution in [2.75, 3.05) is 14.2 Å². The van der Waals surface area contributed by atoms with E-state index >= 15 is 0 Å². The number of methoxy groups -OCH3 is 2. The van der Waals surface area contributed by atoms with Gasteiger partial charge in [0.05, 0.1) is 178 Å². The van der Waals surface area contributed by atoms with Gasteiger partial charge in [-0.05, 0) is 116 Å². The zero-order valence-electron chi connectivity index (χ0n) is 82.5. The Kier molecular flexibility index (Phi) is 28.4. The van der Waals surface area contributed by atoms with E-state index < -0.39 is 35.1 Å². The van der Waals surface area contributed by atoms with E-state index in [-0.39, 0.29) is 24.4 Å². The quantitative estimate of drug-likeness (QED) is 0.0476. The van der Waals surface area contributed by atoms with Crippen LogP contribution >= 0.6 is 0 Å². The highest BCUT2D eigenvalue weighted by molar-refractivity contribution is 5.94. The summed E-state index contributed by atoms with van der Waals surface area (Å²) in [4.78, 5) is 38.1. The van der Waals surface area contributed by atoms with Gasteiger partial charge in [-0.2, -0.15) is 87.5 Å². The van der Waals surface area contributed by atoms with Gasteiger partial charge in [-0.3, -0.25) is 90.9 Å². The van der Waals surface area contributed by atoms with Crippen LogP contribution in [0.15, 0.2) is 299 Å². The molecule has 24 aromatic rings. The lowest BCUT2D eigenvalue weighted by Gasteiger charge is -2.13. The Morgan fingerprint density at radius 1 is 0.320 bits per heavy atom. The Balaban J connectivity index is 0.000000113. The largest absolute Gasteiger partial charge is 0.493 e. The first-order valence-corrected chi connectivity index (χ1v) is 46.6. The van der Waals surface area contributed by atoms with Crippen molar-refractivity contribution in [2.24, 2.45) is 42.3 Å². The fourth-order valence-electron chi connectivity index (χ4n) is 16.8. The Bertz CT molecular complexity index is 8930. The minimum absolute atomic E-state index is 0.0113. The van der Waals surface area contributed by atoms with Crippen molar-refractivity contribution < 1.29 is 53.9 Å². The van der Waals surface area contributed by atoms with E-state index in [2.05, 4.69) is 114 Å². The third-order valence-corrected chi connectivity index (χ3v) is 24.8. The minimum atomic E-state index is -4.40. The fraction of sp³-hybridized carbons (Fsp3) is 0.178. The lowest BCUT2D eigenvalue weighted by Crippen LogP contribution is -2.12. The second-order valence-corrected chi connectivity index (χ2v) is 35.3. The van der Waals surface area contributed by atoms with E-state index in [1.165, 1.54) is 41.1 Å². The first kappa shape index (κ1) is 99.7. The molecule has 0 radical (unpaired) electrons. The molecule has 19 heterocycles. The average Bonchev–Trinajstić information content (AvgIpc) is 1.65. The monoisotopic (exact) mass is 2030 g/mol. The van der Waals surface area contributed by atoms with Gasteiger partial charge in [0, 0.05) is 206 Å². The number of rotatable bonds is 21. The number of fused-ring (bicyclic) bond motifs is 6. The molecular formula is C107H93F8N31O4. The molecule has 0 atom stereocenters. The molecule has 0 fully saturated rings. The molecule has 5 aromatic carbocycles. The molecule has 24 rings (SSSR count). The molecule has 0 aliphatic rings. The number of Topliss-reactive ketones (excluding diaryl/α,β-unsaturated/α-hetero) is 1. The lowest BCUT2D eigenvalue weighted by atomic mass is 10.1. The van der Waals surface area contributed by atoms with Crippen molar-refractivity contribution >= 4 is 72.0 Å². The van der Waals surface area contributed by atoms with Gasteiger partial charge in [0.25, 0.3) is 0 Å². The van der Waals surface area contributed by atoms with Crippen LogP contribution in [0.5, 0.6) is 11.5 Å². The molecule has 0 saturated carbocycles. The number of benzene rings is 5. The third-order valence-electron chi connectivity index (χ3n) is 24.8. The van der Waals surface area contributed by atoms with Crippen LogP contribution in [0.1, 0.15) is 73.2 Å². The van der Waals surface area contributed by atoms with Crippen LogP contribution in [0, 0.1) is 25.5 Å². The van der Waals surface area contributed by atoms with Crippen LogP contribution in [-0.4, -0.2) is 172 Å². The Morgan fingerprint density at radius 2 is 0.640 bits per heavy atom. The summed E-state index contributed by atoms with van der Waals surface area (Å²) in [5.74, 6) is 1.12. The number of ketones is 1. The summed E-state index contributed by atoms with van der Waals surface area (Å²) < 4.78 is 142. The van der Waals surface area contributed by atoms with E-state index in [0.29, 0.717) is 59.8 Å². The number of aromatic nitrogens is 31. The minimum Gasteiger partial charge on any atom is -0.493 e. The van der Waals surface area contributed by atoms with Crippen LogP contribution in [0.3, 0.4) is 0 Å². The zero-order chi connectivity index (χ0) is 105. The predicted octanol–water partition coefficient (Wildman–Crippen LogP) is 19.4. The maximum absolute atomic E-state index is 13.9. The molecule has 150 heavy (non-hydrogen) atoms. The van der Waals surface area contributed by atoms with Gasteiger partial charge in [0.1, 0.15) is 50.5 Å². The number of halogens is 8. The zero-order valence-corrected chi connectivity index (χ0v) is 82.5. The van der Waals surface area contributed by atoms with Crippen LogP contribution in [0.25, 0.3) is 133 Å². The summed E-state index contributed by atoms with van der Waals surface area (Å²) in [5.41, 5.74) is 26.1. The summed E-state index contributed by atoms with van der Waals surface area (Å²) in [6.45, 7) is 7.86. The number of carbonyl (C=O) groups is 1. The Hall–Kier alpha value is -19.0. The molecule has 43 heteroatoms. The SMILES string of the molecule is CC(=O)c1ccc(Cn2ncc3ncc(-c4cnn(C)c4)cc32)cc1.COc1ccc(Cn2ncc3ncc(-c4cnn(C)c4)cc32)cc1OC.Cc1noc(C)c1Cn1ncc2ncc(-c3cnn(C)c3)cc21.Cn1cc(-c2cnc3cnn(Cc4ccc(C(F)(F)F)cc4)c3c2)cn1.Cn1cc(-c2cnc3cnn(Cc4ccc(F)cc4F)c3c2)cn1.Cn1cc(-c2cnc3cnn(Cc4ccccc4C(F)(F)F)c3c2)cn1. The Morgan fingerprint density at radius 3 is 0.947 bits per heavy atom. The van der Waals surface area contributed by atoms with E-state index in [1.54, 1.807) is 139 Å². The molecule has 0 unspecified atom stereocenters. The third kappa shape index (κ3) is 22.7. The van der Waals surface area contributed by atoms with Crippen LogP contribution < -0.4 is 9.47 Å². The summed E-state index contributed by atoms with van der Waals surface area (Å²) >= 11 is 0. The average molecular weight is 2030 g/mol. The van der Waals surface area contributed by atoms with Gasteiger partial charge in [-0.25, -0.2) is 8.78 Å². The molecular weight excluding hydrogens is 1940 g/mol. The number of carbonyl (C=O) groups excluding carboxylic acids is 1. The molecule has 0 saturated heterocycles. The van der Waals surface area contributed by atoms with E-state index in [0.717, 1.165) is 180 Å². The van der Waals surface area contributed by atoms with Crippen molar-refractivity contribution in [3.05, 3.63) is 367 Å². The number of aryl methyl sites for hydroxylation is 8. The molecule has 0 amide bonds. The Labute approximate surface area is 848 Å². The van der Waals surface area contributed by atoms with Gasteiger partial charge in [-0.1, -0.05) is 71.9 Å². The molecule has 0 spiro atoms. The first-order chi connectivity index (χ1) is 72.3. The van der Waals surface area contributed by atoms with Gasteiger partial charge in [-0.15, -0.1) is 0 Å². The number of ether oxygens (including phenoxy) is 2. The number of alkyl halides is 6. The predicted molar refractivity (Wildman–Crippen MR) is 544 cm³/mol. The van der Waals surface area contributed by atoms with Crippen LogP contribution in [-0.2, 0) is 93.9 Å². The first-order valence-electron chi connectivity index (χ1n) is 46.6. The highest BCUT2D eigenvalue weighted by Crippen LogP contribution is 2.37. The highest BCUT2D eigenvalue weighted by atomic mass is 19.4. The summed E-state index contributed by atoms with van der Waals surface area (Å²) in [5, 5.41) is 55.3. The van der Waals surface area contributed by atoms with Gasteiger partial charge in [0.2, 0.25) is 0 Å². The van der Waals surface area contributed by atoms with Gasteiger partial charge in [0.15, 0.2) is 17.3 Å².